The molecule has 0 fully saturated rings. The van der Waals surface area contributed by atoms with Gasteiger partial charge in [0.15, 0.2) is 0 Å². The molecule has 0 amide bonds. The van der Waals surface area contributed by atoms with Crippen molar-refractivity contribution in [3.63, 3.8) is 0 Å². The lowest BCUT2D eigenvalue weighted by molar-refractivity contribution is 0.375. The van der Waals surface area contributed by atoms with Crippen molar-refractivity contribution in [1.29, 1.82) is 5.26 Å². The smallest absolute Gasteiger partial charge is 0.198 e. The zero-order chi connectivity index (χ0) is 13.0. The van der Waals surface area contributed by atoms with E-state index in [1.807, 2.05) is 44.2 Å². The molecule has 0 radical (unpaired) electrons. The van der Waals surface area contributed by atoms with Gasteiger partial charge < -0.3 is 0 Å². The lowest BCUT2D eigenvalue weighted by atomic mass is 9.92. The Balaban J connectivity index is 2.06. The van der Waals surface area contributed by atoms with E-state index in [4.69, 9.17) is 5.26 Å². The average molecular weight is 241 g/mol. The molecule has 0 saturated heterocycles. The largest absolute Gasteiger partial charge is 0.204 e. The Morgan fingerprint density at radius 2 is 2.00 bits per heavy atom. The van der Waals surface area contributed by atoms with Gasteiger partial charge in [0.2, 0.25) is 5.82 Å². The third kappa shape index (κ3) is 2.92. The summed E-state index contributed by atoms with van der Waals surface area (Å²) in [5.41, 5.74) is 0.587. The van der Waals surface area contributed by atoms with Gasteiger partial charge in [-0.2, -0.15) is 10.1 Å². The predicted octanol–water partition coefficient (Wildman–Crippen LogP) is 2.28. The first-order valence-corrected chi connectivity index (χ1v) is 5.85. The van der Waals surface area contributed by atoms with Crippen LogP contribution in [-0.2, 0) is 6.54 Å². The van der Waals surface area contributed by atoms with Crippen LogP contribution in [0, 0.1) is 16.7 Å². The van der Waals surface area contributed by atoms with Crippen LogP contribution in [0.2, 0.25) is 0 Å². The van der Waals surface area contributed by atoms with Gasteiger partial charge in [0.1, 0.15) is 0 Å². The Morgan fingerprint density at radius 3 is 2.67 bits per heavy atom. The Labute approximate surface area is 106 Å². The molecule has 5 nitrogen and oxygen atoms in total. The van der Waals surface area contributed by atoms with Crippen LogP contribution in [0.5, 0.6) is 0 Å². The van der Waals surface area contributed by atoms with E-state index in [9.17, 15) is 0 Å². The first kappa shape index (κ1) is 12.2. The van der Waals surface area contributed by atoms with Gasteiger partial charge in [0.05, 0.1) is 18.0 Å². The van der Waals surface area contributed by atoms with E-state index >= 15 is 0 Å². The van der Waals surface area contributed by atoms with E-state index in [-0.39, 0.29) is 5.41 Å². The van der Waals surface area contributed by atoms with Crippen molar-refractivity contribution in [2.24, 2.45) is 5.41 Å². The Bertz CT molecular complexity index is 550. The van der Waals surface area contributed by atoms with Gasteiger partial charge in [-0.15, -0.1) is 10.2 Å². The first-order chi connectivity index (χ1) is 8.61. The van der Waals surface area contributed by atoms with Crippen LogP contribution in [0.15, 0.2) is 30.3 Å². The number of aryl methyl sites for hydroxylation is 1. The molecular formula is C13H15N5. The molecule has 2 rings (SSSR count). The maximum atomic E-state index is 8.94. The molecule has 0 unspecified atom stereocenters. The topological polar surface area (TPSA) is 67.4 Å². The summed E-state index contributed by atoms with van der Waals surface area (Å²) < 4.78 is 0. The molecule has 1 aromatic heterocycles. The number of nitriles is 1. The van der Waals surface area contributed by atoms with Crippen LogP contribution < -0.4 is 0 Å². The normalized spacial score (nSPS) is 11.2. The molecule has 1 heterocycles. The predicted molar refractivity (Wildman–Crippen MR) is 67.3 cm³/mol. The molecule has 2 aromatic rings. The number of nitrogens with zero attached hydrogens (tertiary/aromatic N) is 5. The third-order valence-corrected chi connectivity index (χ3v) is 2.72. The minimum atomic E-state index is -0.361. The number of hydrogen-bond donors (Lipinski definition) is 0. The Kier molecular flexibility index (Phi) is 3.38. The second-order valence-electron chi connectivity index (χ2n) is 4.82. The van der Waals surface area contributed by atoms with Gasteiger partial charge in [-0.3, -0.25) is 0 Å². The van der Waals surface area contributed by atoms with Gasteiger partial charge >= 0.3 is 0 Å². The molecule has 1 aromatic carbocycles. The van der Waals surface area contributed by atoms with E-state index in [2.05, 4.69) is 21.5 Å². The van der Waals surface area contributed by atoms with E-state index < -0.39 is 0 Å². The SMILES string of the molecule is CC(C)(C#N)CCn1nnc(-c2ccccc2)n1. The Morgan fingerprint density at radius 1 is 1.28 bits per heavy atom. The molecule has 18 heavy (non-hydrogen) atoms. The van der Waals surface area contributed by atoms with Gasteiger partial charge in [0.25, 0.3) is 0 Å². The summed E-state index contributed by atoms with van der Waals surface area (Å²) in [7, 11) is 0. The quantitative estimate of drug-likeness (QED) is 0.823. The first-order valence-electron chi connectivity index (χ1n) is 5.85. The highest BCUT2D eigenvalue weighted by molar-refractivity contribution is 5.52. The summed E-state index contributed by atoms with van der Waals surface area (Å²) >= 11 is 0. The Hall–Kier alpha value is -2.22. The summed E-state index contributed by atoms with van der Waals surface area (Å²) in [6.07, 6.45) is 0.702. The standard InChI is InChI=1S/C13H15N5/c1-13(2,10-14)8-9-18-16-12(15-17-18)11-6-4-3-5-7-11/h3-7H,8-9H2,1-2H3. The minimum absolute atomic E-state index is 0.361. The van der Waals surface area contributed by atoms with Crippen molar-refractivity contribution >= 4 is 0 Å². The van der Waals surface area contributed by atoms with Gasteiger partial charge in [-0.1, -0.05) is 30.3 Å². The second-order valence-corrected chi connectivity index (χ2v) is 4.82. The van der Waals surface area contributed by atoms with Crippen molar-refractivity contribution in [2.45, 2.75) is 26.8 Å². The molecule has 0 bridgehead atoms. The maximum Gasteiger partial charge on any atom is 0.204 e. The van der Waals surface area contributed by atoms with Gasteiger partial charge in [0, 0.05) is 5.56 Å². The van der Waals surface area contributed by atoms with Crippen LogP contribution in [0.3, 0.4) is 0 Å². The molecule has 92 valence electrons. The maximum absolute atomic E-state index is 8.94. The van der Waals surface area contributed by atoms with Gasteiger partial charge in [-0.05, 0) is 25.5 Å². The molecule has 0 spiro atoms. The molecule has 0 atom stereocenters. The summed E-state index contributed by atoms with van der Waals surface area (Å²) in [5.74, 6) is 0.616. The minimum Gasteiger partial charge on any atom is -0.198 e. The molecule has 0 aliphatic heterocycles. The van der Waals surface area contributed by atoms with E-state index in [0.717, 1.165) is 5.56 Å². The summed E-state index contributed by atoms with van der Waals surface area (Å²) in [4.78, 5) is 1.54. The summed E-state index contributed by atoms with van der Waals surface area (Å²) in [5, 5.41) is 21.3. The zero-order valence-electron chi connectivity index (χ0n) is 10.5. The van der Waals surface area contributed by atoms with Crippen molar-refractivity contribution in [1.82, 2.24) is 20.2 Å². The van der Waals surface area contributed by atoms with Crippen LogP contribution in [0.25, 0.3) is 11.4 Å². The van der Waals surface area contributed by atoms with E-state index in [1.54, 1.807) is 4.80 Å². The highest BCUT2D eigenvalue weighted by atomic mass is 15.6. The lowest BCUT2D eigenvalue weighted by Crippen LogP contribution is -2.14. The van der Waals surface area contributed by atoms with Crippen LogP contribution in [0.1, 0.15) is 20.3 Å². The van der Waals surface area contributed by atoms with Crippen molar-refractivity contribution < 1.29 is 0 Å². The van der Waals surface area contributed by atoms with Gasteiger partial charge in [-0.25, -0.2) is 0 Å². The zero-order valence-corrected chi connectivity index (χ0v) is 10.5. The van der Waals surface area contributed by atoms with Crippen molar-refractivity contribution in [3.8, 4) is 17.5 Å². The molecule has 0 saturated carbocycles. The fraction of sp³-hybridized carbons (Fsp3) is 0.385. The van der Waals surface area contributed by atoms with Crippen LogP contribution >= 0.6 is 0 Å². The third-order valence-electron chi connectivity index (χ3n) is 2.72. The average Bonchev–Trinajstić information content (AvgIpc) is 2.86. The molecule has 0 N–H and O–H groups in total. The van der Waals surface area contributed by atoms with E-state index in [1.165, 1.54) is 0 Å². The van der Waals surface area contributed by atoms with Crippen LogP contribution in [0.4, 0.5) is 0 Å². The monoisotopic (exact) mass is 241 g/mol. The molecule has 0 aliphatic carbocycles. The van der Waals surface area contributed by atoms with Crippen molar-refractivity contribution in [3.05, 3.63) is 30.3 Å². The number of tetrazole rings is 1. The van der Waals surface area contributed by atoms with E-state index in [0.29, 0.717) is 18.8 Å². The summed E-state index contributed by atoms with van der Waals surface area (Å²) in [6, 6.07) is 12.0. The molecule has 5 heteroatoms. The number of benzene rings is 1. The summed E-state index contributed by atoms with van der Waals surface area (Å²) in [6.45, 7) is 4.41. The highest BCUT2D eigenvalue weighted by Gasteiger charge is 2.17. The highest BCUT2D eigenvalue weighted by Crippen LogP contribution is 2.19. The van der Waals surface area contributed by atoms with Crippen LogP contribution in [-0.4, -0.2) is 20.2 Å². The fourth-order valence-corrected chi connectivity index (χ4v) is 1.48. The van der Waals surface area contributed by atoms with Crippen molar-refractivity contribution in [2.75, 3.05) is 0 Å². The lowest BCUT2D eigenvalue weighted by Gasteiger charge is -2.13. The number of hydrogen-bond acceptors (Lipinski definition) is 4. The fourth-order valence-electron chi connectivity index (χ4n) is 1.48. The number of aromatic nitrogens is 4. The molecule has 0 aliphatic rings. The number of rotatable bonds is 4. The molecular weight excluding hydrogens is 226 g/mol. The second kappa shape index (κ2) is 4.96.